The van der Waals surface area contributed by atoms with Crippen molar-refractivity contribution in [3.8, 4) is 0 Å². The first kappa shape index (κ1) is 25.0. The first-order chi connectivity index (χ1) is 16.4. The molecule has 4 nitrogen and oxygen atoms in total. The number of hydrogen-bond acceptors (Lipinski definition) is 4. The van der Waals surface area contributed by atoms with Gasteiger partial charge in [-0.2, -0.15) is 0 Å². The van der Waals surface area contributed by atoms with Crippen molar-refractivity contribution in [1.29, 1.82) is 0 Å². The number of nitrogens with two attached hydrogens (primary N) is 1. The smallest absolute Gasteiger partial charge is 0.129 e. The van der Waals surface area contributed by atoms with Crippen molar-refractivity contribution in [3.05, 3.63) is 119 Å². The Kier molecular flexibility index (Phi) is 9.21. The van der Waals surface area contributed by atoms with E-state index < -0.39 is 0 Å². The molecule has 34 heavy (non-hydrogen) atoms. The van der Waals surface area contributed by atoms with Crippen LogP contribution in [0.2, 0.25) is 0 Å². The molecule has 0 fully saturated rings. The Morgan fingerprint density at radius 3 is 2.18 bits per heavy atom. The quantitative estimate of drug-likeness (QED) is 0.341. The van der Waals surface area contributed by atoms with Crippen LogP contribution in [-0.4, -0.2) is 9.97 Å². The van der Waals surface area contributed by atoms with E-state index >= 15 is 0 Å². The summed E-state index contributed by atoms with van der Waals surface area (Å²) in [6.07, 6.45) is 5.37. The van der Waals surface area contributed by atoms with Gasteiger partial charge in [0.2, 0.25) is 0 Å². The predicted molar refractivity (Wildman–Crippen MR) is 144 cm³/mol. The van der Waals surface area contributed by atoms with Gasteiger partial charge >= 0.3 is 0 Å². The molecule has 0 unspecified atom stereocenters. The summed E-state index contributed by atoms with van der Waals surface area (Å²) in [6.45, 7) is 8.68. The average molecular weight is 453 g/mol. The number of fused-ring (bicyclic) bond motifs is 2. The van der Waals surface area contributed by atoms with Crippen LogP contribution in [0.5, 0.6) is 0 Å². The van der Waals surface area contributed by atoms with E-state index in [0.717, 1.165) is 30.1 Å². The molecular weight excluding hydrogens is 416 g/mol. The maximum Gasteiger partial charge on any atom is 0.129 e. The molecule has 0 saturated carbocycles. The van der Waals surface area contributed by atoms with Gasteiger partial charge in [0, 0.05) is 25.2 Å². The Morgan fingerprint density at radius 2 is 1.44 bits per heavy atom. The third-order valence-corrected chi connectivity index (χ3v) is 5.31. The topological polar surface area (TPSA) is 63.8 Å². The molecule has 3 heterocycles. The number of aromatic nitrogens is 2. The fourth-order valence-corrected chi connectivity index (χ4v) is 3.73. The highest BCUT2D eigenvalue weighted by molar-refractivity contribution is 5.52. The van der Waals surface area contributed by atoms with Crippen molar-refractivity contribution in [2.45, 2.75) is 46.6 Å². The summed E-state index contributed by atoms with van der Waals surface area (Å²) in [5, 5.41) is 3.47. The molecule has 4 aromatic rings. The molecule has 0 spiro atoms. The first-order valence-electron chi connectivity index (χ1n) is 12.0. The molecule has 5 rings (SSSR count). The summed E-state index contributed by atoms with van der Waals surface area (Å²) in [7, 11) is 0. The molecule has 1 atom stereocenters. The molecule has 4 heteroatoms. The molecule has 2 aromatic heterocycles. The normalized spacial score (nSPS) is 13.6. The van der Waals surface area contributed by atoms with Crippen LogP contribution in [0.15, 0.2) is 91.3 Å². The Bertz CT molecular complexity index is 1150. The van der Waals surface area contributed by atoms with Crippen LogP contribution in [0.1, 0.15) is 61.6 Å². The van der Waals surface area contributed by atoms with E-state index in [9.17, 15) is 0 Å². The zero-order valence-electron chi connectivity index (χ0n) is 20.7. The van der Waals surface area contributed by atoms with E-state index in [1.165, 1.54) is 22.3 Å². The van der Waals surface area contributed by atoms with Gasteiger partial charge in [-0.1, -0.05) is 87.5 Å². The van der Waals surface area contributed by atoms with Crippen LogP contribution in [-0.2, 0) is 12.8 Å². The highest BCUT2D eigenvalue weighted by atomic mass is 15.0. The monoisotopic (exact) mass is 452 g/mol. The number of nitrogen functional groups attached to an aromatic ring is 1. The molecule has 176 valence electrons. The molecule has 0 saturated heterocycles. The molecule has 2 aromatic carbocycles. The minimum absolute atomic E-state index is 0.326. The lowest BCUT2D eigenvalue weighted by molar-refractivity contribution is 0.737. The Balaban J connectivity index is 0.000000166. The second-order valence-electron chi connectivity index (χ2n) is 9.19. The molecular formula is C30H36N4. The van der Waals surface area contributed by atoms with Crippen LogP contribution in [0.4, 0.5) is 11.6 Å². The molecule has 0 bridgehead atoms. The lowest BCUT2D eigenvalue weighted by atomic mass is 9.98. The van der Waals surface area contributed by atoms with Gasteiger partial charge in [0.05, 0.1) is 6.04 Å². The number of pyridine rings is 2. The van der Waals surface area contributed by atoms with Crippen molar-refractivity contribution in [2.24, 2.45) is 5.92 Å². The SMILES string of the molecule is CC(C)C.C[C@H]1Nc2ncccc2Cc2ccccc21.Nc1ncccc1Cc1ccccc1. The minimum Gasteiger partial charge on any atom is -0.383 e. The highest BCUT2D eigenvalue weighted by Gasteiger charge is 2.17. The zero-order valence-corrected chi connectivity index (χ0v) is 20.7. The van der Waals surface area contributed by atoms with Crippen LogP contribution >= 0.6 is 0 Å². The fourth-order valence-electron chi connectivity index (χ4n) is 3.73. The molecule has 3 N–H and O–H groups in total. The first-order valence-corrected chi connectivity index (χ1v) is 12.0. The lowest BCUT2D eigenvalue weighted by Gasteiger charge is -2.14. The van der Waals surface area contributed by atoms with Crippen molar-refractivity contribution in [1.82, 2.24) is 9.97 Å². The number of nitrogens with one attached hydrogen (secondary N) is 1. The largest absolute Gasteiger partial charge is 0.383 e. The van der Waals surface area contributed by atoms with Gasteiger partial charge in [-0.15, -0.1) is 0 Å². The van der Waals surface area contributed by atoms with Crippen LogP contribution in [0.25, 0.3) is 0 Å². The van der Waals surface area contributed by atoms with Crippen molar-refractivity contribution >= 4 is 11.6 Å². The van der Waals surface area contributed by atoms with Gasteiger partial charge in [-0.05, 0) is 52.8 Å². The average Bonchev–Trinajstić information content (AvgIpc) is 2.97. The van der Waals surface area contributed by atoms with Crippen molar-refractivity contribution in [3.63, 3.8) is 0 Å². The van der Waals surface area contributed by atoms with Gasteiger partial charge < -0.3 is 11.1 Å². The second-order valence-corrected chi connectivity index (χ2v) is 9.19. The highest BCUT2D eigenvalue weighted by Crippen LogP contribution is 2.30. The summed E-state index contributed by atoms with van der Waals surface area (Å²) in [5.41, 5.74) is 12.1. The van der Waals surface area contributed by atoms with Gasteiger partial charge in [-0.3, -0.25) is 0 Å². The number of benzene rings is 2. The molecule has 1 aliphatic rings. The Labute approximate surface area is 204 Å². The van der Waals surface area contributed by atoms with E-state index in [0.29, 0.717) is 11.9 Å². The third kappa shape index (κ3) is 7.45. The summed E-state index contributed by atoms with van der Waals surface area (Å²) in [6, 6.07) is 27.2. The summed E-state index contributed by atoms with van der Waals surface area (Å²) in [5.74, 6) is 2.47. The summed E-state index contributed by atoms with van der Waals surface area (Å²) >= 11 is 0. The number of nitrogens with zero attached hydrogens (tertiary/aromatic N) is 2. The third-order valence-electron chi connectivity index (χ3n) is 5.31. The molecule has 1 aliphatic heterocycles. The van der Waals surface area contributed by atoms with Gasteiger partial charge in [0.15, 0.2) is 0 Å². The second kappa shape index (κ2) is 12.5. The molecule has 0 aliphatic carbocycles. The fraction of sp³-hybridized carbons (Fsp3) is 0.267. The number of rotatable bonds is 2. The molecule has 0 radical (unpaired) electrons. The minimum atomic E-state index is 0.326. The van der Waals surface area contributed by atoms with Crippen molar-refractivity contribution in [2.75, 3.05) is 11.1 Å². The van der Waals surface area contributed by atoms with Gasteiger partial charge in [0.25, 0.3) is 0 Å². The van der Waals surface area contributed by atoms with Crippen LogP contribution in [0, 0.1) is 5.92 Å². The van der Waals surface area contributed by atoms with E-state index in [1.54, 1.807) is 6.20 Å². The predicted octanol–water partition coefficient (Wildman–Crippen LogP) is 7.08. The number of hydrogen-bond donors (Lipinski definition) is 2. The number of anilines is 2. The van der Waals surface area contributed by atoms with Crippen LogP contribution in [0.3, 0.4) is 0 Å². The van der Waals surface area contributed by atoms with Gasteiger partial charge in [-0.25, -0.2) is 9.97 Å². The van der Waals surface area contributed by atoms with E-state index in [-0.39, 0.29) is 0 Å². The van der Waals surface area contributed by atoms with Crippen molar-refractivity contribution < 1.29 is 0 Å². The van der Waals surface area contributed by atoms with E-state index in [2.05, 4.69) is 85.4 Å². The summed E-state index contributed by atoms with van der Waals surface area (Å²) in [4.78, 5) is 8.45. The van der Waals surface area contributed by atoms with E-state index in [4.69, 9.17) is 5.73 Å². The lowest BCUT2D eigenvalue weighted by Crippen LogP contribution is -2.07. The molecule has 0 amide bonds. The maximum atomic E-state index is 5.76. The summed E-state index contributed by atoms with van der Waals surface area (Å²) < 4.78 is 0. The Hall–Kier alpha value is -3.66. The van der Waals surface area contributed by atoms with E-state index in [1.807, 2.05) is 42.6 Å². The zero-order chi connectivity index (χ0) is 24.3. The van der Waals surface area contributed by atoms with Gasteiger partial charge in [0.1, 0.15) is 11.6 Å². The Morgan fingerprint density at radius 1 is 0.824 bits per heavy atom. The standard InChI is InChI=1S/C14H14N2.C12H12N2.C4H10/c1-10-13-7-3-2-5-11(13)9-12-6-4-8-15-14(12)16-10;13-12-11(7-4-8-14-12)9-10-5-2-1-3-6-10;1-4(2)3/h2-8,10H,9H2,1H3,(H,15,16);1-8H,9H2,(H2,13,14);4H,1-3H3/t10-;;/m1../s1. The van der Waals surface area contributed by atoms with Crippen LogP contribution < -0.4 is 11.1 Å². The maximum absolute atomic E-state index is 5.76.